The van der Waals surface area contributed by atoms with E-state index in [2.05, 4.69) is 20.7 Å². The predicted octanol–water partition coefficient (Wildman–Crippen LogP) is 2.55. The lowest BCUT2D eigenvalue weighted by molar-refractivity contribution is 0.475. The average molecular weight is 363 g/mol. The fraction of sp³-hybridized carbons (Fsp3) is 0.167. The third-order valence-electron chi connectivity index (χ3n) is 2.57. The van der Waals surface area contributed by atoms with E-state index in [4.69, 9.17) is 10.2 Å². The summed E-state index contributed by atoms with van der Waals surface area (Å²) in [5.74, 6) is 0.487. The number of benzene rings is 1. The van der Waals surface area contributed by atoms with Gasteiger partial charge >= 0.3 is 0 Å². The first kappa shape index (κ1) is 15.0. The van der Waals surface area contributed by atoms with Crippen LogP contribution in [0.1, 0.15) is 11.5 Å². The molecule has 0 aliphatic carbocycles. The van der Waals surface area contributed by atoms with Crippen molar-refractivity contribution in [1.29, 1.82) is 0 Å². The average Bonchev–Trinajstić information content (AvgIpc) is 2.77. The Morgan fingerprint density at radius 3 is 2.70 bits per heavy atom. The van der Waals surface area contributed by atoms with E-state index in [1.54, 1.807) is 19.1 Å². The maximum absolute atomic E-state index is 13.2. The summed E-state index contributed by atoms with van der Waals surface area (Å²) in [6.07, 6.45) is 0. The molecule has 0 atom stereocenters. The number of rotatable bonds is 4. The molecule has 0 unspecified atom stereocenters. The van der Waals surface area contributed by atoms with Crippen molar-refractivity contribution in [3.8, 4) is 0 Å². The smallest absolute Gasteiger partial charge is 0.242 e. The minimum Gasteiger partial charge on any atom is -0.465 e. The summed E-state index contributed by atoms with van der Waals surface area (Å²) in [5.41, 5.74) is 5.16. The number of sulfonamides is 1. The number of hydrogen-bond donors (Lipinski definition) is 2. The standard InChI is InChI=1S/C12H12BrFN2O3S/c1-7-2-3-8(19-7)6-16-20(17,18)12-5-11(15)10(14)4-9(12)13/h2-5,16H,6,15H2,1H3. The Balaban J connectivity index is 2.24. The lowest BCUT2D eigenvalue weighted by atomic mass is 10.3. The second-order valence-electron chi connectivity index (χ2n) is 4.14. The highest BCUT2D eigenvalue weighted by molar-refractivity contribution is 9.10. The van der Waals surface area contributed by atoms with Crippen LogP contribution in [-0.4, -0.2) is 8.42 Å². The maximum Gasteiger partial charge on any atom is 0.242 e. The maximum atomic E-state index is 13.2. The highest BCUT2D eigenvalue weighted by Gasteiger charge is 2.20. The van der Waals surface area contributed by atoms with Crippen LogP contribution in [0.3, 0.4) is 0 Å². The number of nitrogen functional groups attached to an aromatic ring is 1. The van der Waals surface area contributed by atoms with Crippen LogP contribution in [0.2, 0.25) is 0 Å². The number of hydrogen-bond acceptors (Lipinski definition) is 4. The molecule has 3 N–H and O–H groups in total. The minimum absolute atomic E-state index is 0.000105. The second-order valence-corrected chi connectivity index (χ2v) is 6.73. The fourth-order valence-corrected chi connectivity index (χ4v) is 3.62. The van der Waals surface area contributed by atoms with Crippen LogP contribution in [0, 0.1) is 12.7 Å². The molecule has 8 heteroatoms. The molecule has 5 nitrogen and oxygen atoms in total. The number of aryl methyl sites for hydroxylation is 1. The topological polar surface area (TPSA) is 85.3 Å². The molecule has 0 saturated carbocycles. The summed E-state index contributed by atoms with van der Waals surface area (Å²) in [7, 11) is -3.82. The highest BCUT2D eigenvalue weighted by atomic mass is 79.9. The van der Waals surface area contributed by atoms with Gasteiger partial charge in [0, 0.05) is 4.47 Å². The summed E-state index contributed by atoms with van der Waals surface area (Å²) in [6.45, 7) is 1.76. The van der Waals surface area contributed by atoms with Crippen molar-refractivity contribution >= 4 is 31.6 Å². The number of nitrogens with two attached hydrogens (primary N) is 1. The van der Waals surface area contributed by atoms with Crippen molar-refractivity contribution in [1.82, 2.24) is 4.72 Å². The first-order valence-corrected chi connectivity index (χ1v) is 7.87. The van der Waals surface area contributed by atoms with Gasteiger partial charge in [0.2, 0.25) is 10.0 Å². The molecule has 0 radical (unpaired) electrons. The molecule has 0 aliphatic heterocycles. The Morgan fingerprint density at radius 2 is 2.10 bits per heavy atom. The zero-order valence-corrected chi connectivity index (χ0v) is 12.9. The van der Waals surface area contributed by atoms with Gasteiger partial charge in [-0.15, -0.1) is 0 Å². The summed E-state index contributed by atoms with van der Waals surface area (Å²) in [4.78, 5) is -0.125. The third-order valence-corrected chi connectivity index (χ3v) is 4.93. The summed E-state index contributed by atoms with van der Waals surface area (Å²) in [6, 6.07) is 5.48. The molecule has 0 fully saturated rings. The summed E-state index contributed by atoms with van der Waals surface area (Å²) in [5, 5.41) is 0. The summed E-state index contributed by atoms with van der Waals surface area (Å²) < 4.78 is 45.2. The lowest BCUT2D eigenvalue weighted by Crippen LogP contribution is -2.23. The van der Waals surface area contributed by atoms with Crippen LogP contribution in [0.15, 0.2) is 38.1 Å². The van der Waals surface area contributed by atoms with Crippen molar-refractivity contribution in [2.24, 2.45) is 0 Å². The Kier molecular flexibility index (Phi) is 4.17. The zero-order valence-electron chi connectivity index (χ0n) is 10.5. The van der Waals surface area contributed by atoms with E-state index in [1.807, 2.05) is 0 Å². The SMILES string of the molecule is Cc1ccc(CNS(=O)(=O)c2cc(N)c(F)cc2Br)o1. The first-order chi connectivity index (χ1) is 9.29. The van der Waals surface area contributed by atoms with Gasteiger partial charge in [-0.3, -0.25) is 0 Å². The largest absolute Gasteiger partial charge is 0.465 e. The van der Waals surface area contributed by atoms with Gasteiger partial charge in [0.1, 0.15) is 17.3 Å². The van der Waals surface area contributed by atoms with Crippen molar-refractivity contribution in [2.75, 3.05) is 5.73 Å². The molecule has 0 bridgehead atoms. The van der Waals surface area contributed by atoms with E-state index in [0.717, 1.165) is 12.1 Å². The van der Waals surface area contributed by atoms with E-state index in [9.17, 15) is 12.8 Å². The Labute approximate surface area is 124 Å². The fourth-order valence-electron chi connectivity index (χ4n) is 1.57. The van der Waals surface area contributed by atoms with Crippen LogP contribution >= 0.6 is 15.9 Å². The van der Waals surface area contributed by atoms with Gasteiger partial charge in [0.15, 0.2) is 0 Å². The van der Waals surface area contributed by atoms with Crippen molar-refractivity contribution in [3.63, 3.8) is 0 Å². The van der Waals surface area contributed by atoms with Crippen LogP contribution in [-0.2, 0) is 16.6 Å². The van der Waals surface area contributed by atoms with Crippen molar-refractivity contribution < 1.29 is 17.2 Å². The van der Waals surface area contributed by atoms with E-state index in [-0.39, 0.29) is 21.6 Å². The van der Waals surface area contributed by atoms with E-state index < -0.39 is 15.8 Å². The molecule has 2 rings (SSSR count). The lowest BCUT2D eigenvalue weighted by Gasteiger charge is -2.09. The Bertz CT molecular complexity index is 743. The predicted molar refractivity (Wildman–Crippen MR) is 76.0 cm³/mol. The Morgan fingerprint density at radius 1 is 1.40 bits per heavy atom. The molecule has 1 heterocycles. The molecule has 1 aromatic carbocycles. The van der Waals surface area contributed by atoms with Crippen molar-refractivity contribution in [2.45, 2.75) is 18.4 Å². The van der Waals surface area contributed by atoms with Crippen LogP contribution in [0.25, 0.3) is 0 Å². The van der Waals surface area contributed by atoms with Gasteiger partial charge < -0.3 is 10.2 Å². The van der Waals surface area contributed by atoms with Gasteiger partial charge in [-0.05, 0) is 47.1 Å². The van der Waals surface area contributed by atoms with Gasteiger partial charge in [0.25, 0.3) is 0 Å². The molecule has 0 spiro atoms. The summed E-state index contributed by atoms with van der Waals surface area (Å²) >= 11 is 3.01. The van der Waals surface area contributed by atoms with Gasteiger partial charge in [-0.25, -0.2) is 17.5 Å². The minimum atomic E-state index is -3.82. The van der Waals surface area contributed by atoms with Crippen LogP contribution in [0.4, 0.5) is 10.1 Å². The molecular weight excluding hydrogens is 351 g/mol. The van der Waals surface area contributed by atoms with E-state index in [1.165, 1.54) is 0 Å². The second kappa shape index (κ2) is 5.55. The number of furan rings is 1. The number of nitrogens with one attached hydrogen (secondary N) is 1. The third kappa shape index (κ3) is 3.20. The van der Waals surface area contributed by atoms with Gasteiger partial charge in [-0.2, -0.15) is 0 Å². The van der Waals surface area contributed by atoms with E-state index in [0.29, 0.717) is 11.5 Å². The molecule has 0 amide bonds. The quantitative estimate of drug-likeness (QED) is 0.818. The molecule has 0 aliphatic rings. The monoisotopic (exact) mass is 362 g/mol. The van der Waals surface area contributed by atoms with Crippen molar-refractivity contribution in [3.05, 3.63) is 46.1 Å². The van der Waals surface area contributed by atoms with Gasteiger partial charge in [0.05, 0.1) is 17.1 Å². The molecule has 108 valence electrons. The number of anilines is 1. The number of halogens is 2. The zero-order chi connectivity index (χ0) is 14.9. The van der Waals surface area contributed by atoms with Gasteiger partial charge in [-0.1, -0.05) is 0 Å². The van der Waals surface area contributed by atoms with E-state index >= 15 is 0 Å². The molecule has 2 aromatic rings. The molecule has 20 heavy (non-hydrogen) atoms. The Hall–Kier alpha value is -1.38. The molecular formula is C12H12BrFN2O3S. The van der Waals surface area contributed by atoms with Crippen LogP contribution < -0.4 is 10.5 Å². The molecule has 0 saturated heterocycles. The first-order valence-electron chi connectivity index (χ1n) is 5.59. The normalized spacial score (nSPS) is 11.8. The highest BCUT2D eigenvalue weighted by Crippen LogP contribution is 2.26. The van der Waals surface area contributed by atoms with Crippen LogP contribution in [0.5, 0.6) is 0 Å². The molecule has 1 aromatic heterocycles.